The average molecular weight is 361 g/mol. The van der Waals surface area contributed by atoms with Gasteiger partial charge in [-0.2, -0.15) is 0 Å². The first-order valence-electron chi connectivity index (χ1n) is 9.00. The number of thiophene rings is 1. The monoisotopic (exact) mass is 360 g/mol. The predicted molar refractivity (Wildman–Crippen MR) is 100 cm³/mol. The van der Waals surface area contributed by atoms with E-state index in [1.807, 2.05) is 6.07 Å². The van der Waals surface area contributed by atoms with Crippen molar-refractivity contribution < 1.29 is 4.79 Å². The van der Waals surface area contributed by atoms with Crippen molar-refractivity contribution >= 4 is 28.6 Å². The van der Waals surface area contributed by atoms with Crippen LogP contribution in [0.4, 0.5) is 0 Å². The molecule has 3 nitrogen and oxygen atoms in total. The average Bonchev–Trinajstić information content (AvgIpc) is 3.07. The molecule has 2 heterocycles. The van der Waals surface area contributed by atoms with Crippen molar-refractivity contribution in [3.63, 3.8) is 0 Å². The van der Waals surface area contributed by atoms with E-state index in [0.717, 1.165) is 16.6 Å². The summed E-state index contributed by atoms with van der Waals surface area (Å²) in [5, 5.41) is 5.17. The third kappa shape index (κ3) is 3.57. The Morgan fingerprint density at radius 2 is 1.88 bits per heavy atom. The first-order valence-corrected chi connectivity index (χ1v) is 10.8. The lowest BCUT2D eigenvalue weighted by Crippen LogP contribution is -2.44. The summed E-state index contributed by atoms with van der Waals surface area (Å²) in [7, 11) is 0. The van der Waals surface area contributed by atoms with Crippen molar-refractivity contribution in [2.75, 3.05) is 0 Å². The highest BCUT2D eigenvalue weighted by molar-refractivity contribution is 7.20. The summed E-state index contributed by atoms with van der Waals surface area (Å²) in [5.41, 5.74) is 0.934. The number of hydrogen-bond donors (Lipinski definition) is 0. The second-order valence-corrected chi connectivity index (χ2v) is 9.05. The molecule has 5 heteroatoms. The third-order valence-corrected chi connectivity index (χ3v) is 7.15. The third-order valence-electron chi connectivity index (χ3n) is 5.22. The number of carbonyl (C=O) groups is 1. The Bertz CT molecular complexity index is 682. The van der Waals surface area contributed by atoms with Crippen molar-refractivity contribution in [1.82, 2.24) is 9.88 Å². The molecule has 24 heavy (non-hydrogen) atoms. The smallest absolute Gasteiger partial charge is 0.229 e. The van der Waals surface area contributed by atoms with Gasteiger partial charge in [0.15, 0.2) is 0 Å². The topological polar surface area (TPSA) is 33.2 Å². The summed E-state index contributed by atoms with van der Waals surface area (Å²) in [4.78, 5) is 21.1. The first kappa shape index (κ1) is 16.3. The lowest BCUT2D eigenvalue weighted by atomic mass is 9.86. The quantitative estimate of drug-likeness (QED) is 0.753. The minimum Gasteiger partial charge on any atom is -0.336 e. The van der Waals surface area contributed by atoms with Gasteiger partial charge in [0.2, 0.25) is 5.91 Å². The van der Waals surface area contributed by atoms with Crippen LogP contribution >= 0.6 is 22.7 Å². The molecule has 2 aliphatic carbocycles. The standard InChI is InChI=1S/C19H24N2OS2/c1-13-4-6-15(7-5-13)21(16-8-9-16)18(22)11-14-12-24-19(20-14)17-3-2-10-23-17/h2-3,10,12-13,15-16H,4-9,11H2,1H3. The van der Waals surface area contributed by atoms with Crippen LogP contribution in [-0.4, -0.2) is 27.9 Å². The van der Waals surface area contributed by atoms with Gasteiger partial charge >= 0.3 is 0 Å². The van der Waals surface area contributed by atoms with Gasteiger partial charge in [0, 0.05) is 17.5 Å². The molecule has 2 saturated carbocycles. The van der Waals surface area contributed by atoms with E-state index in [0.29, 0.717) is 24.4 Å². The molecule has 128 valence electrons. The highest BCUT2D eigenvalue weighted by Gasteiger charge is 2.38. The van der Waals surface area contributed by atoms with Crippen LogP contribution in [0.15, 0.2) is 22.9 Å². The van der Waals surface area contributed by atoms with Crippen LogP contribution in [0.5, 0.6) is 0 Å². The van der Waals surface area contributed by atoms with E-state index in [2.05, 4.69) is 28.7 Å². The van der Waals surface area contributed by atoms with Crippen LogP contribution < -0.4 is 0 Å². The lowest BCUT2D eigenvalue weighted by Gasteiger charge is -2.36. The second kappa shape index (κ2) is 6.96. The van der Waals surface area contributed by atoms with Crippen molar-refractivity contribution in [3.8, 4) is 9.88 Å². The van der Waals surface area contributed by atoms with Gasteiger partial charge in [-0.25, -0.2) is 4.98 Å². The number of hydrogen-bond acceptors (Lipinski definition) is 4. The van der Waals surface area contributed by atoms with Gasteiger partial charge in [-0.1, -0.05) is 13.0 Å². The maximum atomic E-state index is 13.0. The lowest BCUT2D eigenvalue weighted by molar-refractivity contribution is -0.134. The summed E-state index contributed by atoms with van der Waals surface area (Å²) in [6.45, 7) is 2.33. The zero-order valence-corrected chi connectivity index (χ0v) is 15.7. The van der Waals surface area contributed by atoms with E-state index in [1.165, 1.54) is 43.4 Å². The molecule has 2 fully saturated rings. The summed E-state index contributed by atoms with van der Waals surface area (Å²) in [6.07, 6.45) is 7.73. The molecule has 0 aliphatic heterocycles. The molecule has 0 bridgehead atoms. The summed E-state index contributed by atoms with van der Waals surface area (Å²) >= 11 is 3.35. The Labute approximate surface area is 151 Å². The van der Waals surface area contributed by atoms with E-state index < -0.39 is 0 Å². The Morgan fingerprint density at radius 1 is 1.17 bits per heavy atom. The van der Waals surface area contributed by atoms with Crippen molar-refractivity contribution in [2.45, 2.75) is 64.0 Å². The maximum Gasteiger partial charge on any atom is 0.229 e. The van der Waals surface area contributed by atoms with Crippen molar-refractivity contribution in [3.05, 3.63) is 28.6 Å². The van der Waals surface area contributed by atoms with Gasteiger partial charge in [0.25, 0.3) is 0 Å². The number of amides is 1. The molecule has 0 unspecified atom stereocenters. The number of carbonyl (C=O) groups excluding carboxylic acids is 1. The van der Waals surface area contributed by atoms with Crippen LogP contribution in [0.1, 0.15) is 51.1 Å². The predicted octanol–water partition coefficient (Wildman–Crippen LogP) is 4.98. The number of aromatic nitrogens is 1. The highest BCUT2D eigenvalue weighted by atomic mass is 32.1. The molecule has 0 N–H and O–H groups in total. The van der Waals surface area contributed by atoms with E-state index >= 15 is 0 Å². The SMILES string of the molecule is CC1CCC(N(C(=O)Cc2csc(-c3cccs3)n2)C2CC2)CC1. The Morgan fingerprint density at radius 3 is 2.50 bits per heavy atom. The van der Waals surface area contributed by atoms with Gasteiger partial charge in [-0.15, -0.1) is 22.7 Å². The Kier molecular flexibility index (Phi) is 4.72. The van der Waals surface area contributed by atoms with E-state index in [4.69, 9.17) is 4.98 Å². The molecular weight excluding hydrogens is 336 g/mol. The molecule has 2 aromatic heterocycles. The molecule has 0 aromatic carbocycles. The maximum absolute atomic E-state index is 13.0. The van der Waals surface area contributed by atoms with Crippen LogP contribution in [0.25, 0.3) is 9.88 Å². The molecule has 0 atom stereocenters. The molecule has 4 rings (SSSR count). The Balaban J connectivity index is 1.44. The molecular formula is C19H24N2OS2. The van der Waals surface area contributed by atoms with Crippen LogP contribution in [0.3, 0.4) is 0 Å². The van der Waals surface area contributed by atoms with Crippen LogP contribution in [0, 0.1) is 5.92 Å². The molecule has 2 aromatic rings. The van der Waals surface area contributed by atoms with Gasteiger partial charge in [0.1, 0.15) is 5.01 Å². The summed E-state index contributed by atoms with van der Waals surface area (Å²) < 4.78 is 0. The van der Waals surface area contributed by atoms with Crippen LogP contribution in [-0.2, 0) is 11.2 Å². The number of thiazole rings is 1. The van der Waals surface area contributed by atoms with Gasteiger partial charge < -0.3 is 4.90 Å². The fourth-order valence-corrected chi connectivity index (χ4v) is 5.36. The molecule has 0 spiro atoms. The minimum atomic E-state index is 0.292. The molecule has 1 amide bonds. The summed E-state index contributed by atoms with van der Waals surface area (Å²) in [6, 6.07) is 5.11. The normalized spacial score (nSPS) is 24.0. The number of rotatable bonds is 5. The fraction of sp³-hybridized carbons (Fsp3) is 0.579. The Hall–Kier alpha value is -1.20. The molecule has 0 radical (unpaired) electrons. The van der Waals surface area contributed by atoms with Crippen molar-refractivity contribution in [1.29, 1.82) is 0 Å². The summed E-state index contributed by atoms with van der Waals surface area (Å²) in [5.74, 6) is 1.12. The molecule has 0 saturated heterocycles. The van der Waals surface area contributed by atoms with E-state index in [-0.39, 0.29) is 0 Å². The van der Waals surface area contributed by atoms with Crippen LogP contribution in [0.2, 0.25) is 0 Å². The zero-order valence-electron chi connectivity index (χ0n) is 14.1. The first-order chi connectivity index (χ1) is 11.7. The van der Waals surface area contributed by atoms with Crippen molar-refractivity contribution in [2.24, 2.45) is 5.92 Å². The van der Waals surface area contributed by atoms with Gasteiger partial charge in [-0.05, 0) is 55.9 Å². The fourth-order valence-electron chi connectivity index (χ4n) is 3.73. The van der Waals surface area contributed by atoms with E-state index in [9.17, 15) is 4.79 Å². The van der Waals surface area contributed by atoms with Gasteiger partial charge in [0.05, 0.1) is 17.0 Å². The zero-order chi connectivity index (χ0) is 16.5. The molecule has 2 aliphatic rings. The highest BCUT2D eigenvalue weighted by Crippen LogP contribution is 2.36. The van der Waals surface area contributed by atoms with E-state index in [1.54, 1.807) is 22.7 Å². The minimum absolute atomic E-state index is 0.292. The van der Waals surface area contributed by atoms with Gasteiger partial charge in [-0.3, -0.25) is 4.79 Å². The largest absolute Gasteiger partial charge is 0.336 e. The number of nitrogens with zero attached hydrogens (tertiary/aromatic N) is 2. The second-order valence-electron chi connectivity index (χ2n) is 7.24.